The highest BCUT2D eigenvalue weighted by molar-refractivity contribution is 8.00. The number of rotatable bonds is 5. The molecule has 1 heterocycles. The van der Waals surface area contributed by atoms with Crippen LogP contribution in [0.1, 0.15) is 17.5 Å². The number of aliphatic hydroxyl groups is 1. The molecule has 2 atom stereocenters. The molecular weight excluding hydrogens is 300 g/mol. The van der Waals surface area contributed by atoms with Gasteiger partial charge in [-0.3, -0.25) is 0 Å². The molecule has 21 heavy (non-hydrogen) atoms. The van der Waals surface area contributed by atoms with Crippen LogP contribution in [0.2, 0.25) is 5.02 Å². The van der Waals surface area contributed by atoms with Gasteiger partial charge in [-0.05, 0) is 54.5 Å². The van der Waals surface area contributed by atoms with Gasteiger partial charge in [0.15, 0.2) is 0 Å². The molecule has 0 bridgehead atoms. The maximum absolute atomic E-state index is 9.69. The molecule has 3 heteroatoms. The molecule has 0 aliphatic carbocycles. The second-order valence-corrected chi connectivity index (χ2v) is 7.45. The van der Waals surface area contributed by atoms with Crippen LogP contribution >= 0.6 is 23.4 Å². The number of hydrogen-bond acceptors (Lipinski definition) is 2. The third kappa shape index (κ3) is 3.82. The monoisotopic (exact) mass is 318 g/mol. The van der Waals surface area contributed by atoms with E-state index in [1.165, 1.54) is 16.0 Å². The van der Waals surface area contributed by atoms with Gasteiger partial charge in [-0.2, -0.15) is 0 Å². The van der Waals surface area contributed by atoms with Crippen molar-refractivity contribution in [3.05, 3.63) is 64.7 Å². The number of aliphatic hydroxyl groups excluding tert-OH is 1. The van der Waals surface area contributed by atoms with Gasteiger partial charge in [-0.15, -0.1) is 11.8 Å². The minimum atomic E-state index is 0.236. The number of halogens is 1. The maximum atomic E-state index is 9.69. The highest BCUT2D eigenvalue weighted by Gasteiger charge is 2.24. The van der Waals surface area contributed by atoms with E-state index in [9.17, 15) is 5.11 Å². The zero-order valence-corrected chi connectivity index (χ0v) is 13.4. The Morgan fingerprint density at radius 3 is 2.81 bits per heavy atom. The minimum absolute atomic E-state index is 0.236. The van der Waals surface area contributed by atoms with Crippen LogP contribution in [-0.4, -0.2) is 17.0 Å². The summed E-state index contributed by atoms with van der Waals surface area (Å²) in [5.41, 5.74) is 2.66. The van der Waals surface area contributed by atoms with Gasteiger partial charge in [0.05, 0.1) is 0 Å². The summed E-state index contributed by atoms with van der Waals surface area (Å²) in [5.74, 6) is 0.301. The van der Waals surface area contributed by atoms with Crippen LogP contribution in [-0.2, 0) is 12.8 Å². The Hall–Kier alpha value is -0.960. The van der Waals surface area contributed by atoms with Gasteiger partial charge in [0.2, 0.25) is 0 Å². The zero-order chi connectivity index (χ0) is 14.7. The molecule has 1 aliphatic rings. The second kappa shape index (κ2) is 6.87. The van der Waals surface area contributed by atoms with Crippen molar-refractivity contribution in [3.63, 3.8) is 0 Å². The first-order valence-electron chi connectivity index (χ1n) is 7.34. The number of thioether (sulfide) groups is 1. The molecule has 1 N–H and O–H groups in total. The topological polar surface area (TPSA) is 20.2 Å². The highest BCUT2D eigenvalue weighted by Crippen LogP contribution is 2.39. The summed E-state index contributed by atoms with van der Waals surface area (Å²) in [7, 11) is 0. The second-order valence-electron chi connectivity index (χ2n) is 5.67. The van der Waals surface area contributed by atoms with E-state index in [0.29, 0.717) is 11.2 Å². The first kappa shape index (κ1) is 15.0. The fourth-order valence-corrected chi connectivity index (χ4v) is 4.64. The van der Waals surface area contributed by atoms with Gasteiger partial charge in [-0.25, -0.2) is 0 Å². The van der Waals surface area contributed by atoms with Gasteiger partial charge in [-0.1, -0.05) is 41.9 Å². The predicted octanol–water partition coefficient (Wildman–Crippen LogP) is 4.60. The number of hydrogen-bond donors (Lipinski definition) is 1. The normalized spacial score (nSPS) is 18.5. The van der Waals surface area contributed by atoms with Crippen molar-refractivity contribution in [1.82, 2.24) is 0 Å². The molecule has 0 saturated carbocycles. The fourth-order valence-electron chi connectivity index (χ4n) is 2.98. The van der Waals surface area contributed by atoms with E-state index in [4.69, 9.17) is 11.6 Å². The van der Waals surface area contributed by atoms with E-state index in [0.717, 1.165) is 24.3 Å². The Morgan fingerprint density at radius 2 is 2.05 bits per heavy atom. The van der Waals surface area contributed by atoms with Crippen LogP contribution in [0, 0.1) is 5.92 Å². The summed E-state index contributed by atoms with van der Waals surface area (Å²) in [5, 5.41) is 11.0. The van der Waals surface area contributed by atoms with Gasteiger partial charge in [0.1, 0.15) is 0 Å². The van der Waals surface area contributed by atoms with E-state index in [-0.39, 0.29) is 6.61 Å². The summed E-state index contributed by atoms with van der Waals surface area (Å²) in [6.45, 7) is 0.236. The van der Waals surface area contributed by atoms with E-state index in [1.54, 1.807) is 0 Å². The Labute approximate surface area is 135 Å². The number of benzene rings is 2. The molecule has 1 nitrogen and oxygen atoms in total. The van der Waals surface area contributed by atoms with Crippen molar-refractivity contribution in [2.45, 2.75) is 29.4 Å². The largest absolute Gasteiger partial charge is 0.396 e. The molecule has 110 valence electrons. The van der Waals surface area contributed by atoms with Crippen molar-refractivity contribution in [2.75, 3.05) is 6.61 Å². The first-order valence-corrected chi connectivity index (χ1v) is 8.60. The molecule has 0 radical (unpaired) electrons. The van der Waals surface area contributed by atoms with Crippen molar-refractivity contribution in [3.8, 4) is 0 Å². The molecule has 2 aromatic carbocycles. The molecule has 0 saturated heterocycles. The smallest absolute Gasteiger partial charge is 0.0462 e. The van der Waals surface area contributed by atoms with Crippen LogP contribution in [0.4, 0.5) is 0 Å². The lowest BCUT2D eigenvalue weighted by molar-refractivity contribution is 0.217. The third-order valence-corrected chi connectivity index (χ3v) is 5.56. The Kier molecular flexibility index (Phi) is 4.89. The lowest BCUT2D eigenvalue weighted by atomic mass is 9.93. The van der Waals surface area contributed by atoms with E-state index in [1.807, 2.05) is 30.0 Å². The van der Waals surface area contributed by atoms with E-state index in [2.05, 4.69) is 30.3 Å². The third-order valence-electron chi connectivity index (χ3n) is 3.98. The summed E-state index contributed by atoms with van der Waals surface area (Å²) in [4.78, 5) is 1.40. The molecule has 0 fully saturated rings. The van der Waals surface area contributed by atoms with Crippen molar-refractivity contribution in [1.29, 1.82) is 0 Å². The zero-order valence-electron chi connectivity index (χ0n) is 11.8. The summed E-state index contributed by atoms with van der Waals surface area (Å²) in [6.07, 6.45) is 3.06. The van der Waals surface area contributed by atoms with E-state index < -0.39 is 0 Å². The Balaban J connectivity index is 1.61. The molecule has 0 amide bonds. The van der Waals surface area contributed by atoms with Crippen LogP contribution in [0.15, 0.2) is 53.4 Å². The van der Waals surface area contributed by atoms with Crippen molar-refractivity contribution < 1.29 is 5.11 Å². The Morgan fingerprint density at radius 1 is 1.19 bits per heavy atom. The first-order chi connectivity index (χ1) is 10.2. The molecule has 0 spiro atoms. The summed E-state index contributed by atoms with van der Waals surface area (Å²) in [6, 6.07) is 16.6. The van der Waals surface area contributed by atoms with Gasteiger partial charge < -0.3 is 5.11 Å². The average Bonchev–Trinajstić information content (AvgIpc) is 2.89. The quantitative estimate of drug-likeness (QED) is 0.869. The van der Waals surface area contributed by atoms with E-state index >= 15 is 0 Å². The highest BCUT2D eigenvalue weighted by atomic mass is 35.5. The number of fused-ring (bicyclic) bond motifs is 1. The minimum Gasteiger partial charge on any atom is -0.396 e. The van der Waals surface area contributed by atoms with Crippen molar-refractivity contribution in [2.24, 2.45) is 5.92 Å². The summed E-state index contributed by atoms with van der Waals surface area (Å²) < 4.78 is 0. The molecule has 0 aromatic heterocycles. The molecule has 1 aliphatic heterocycles. The van der Waals surface area contributed by atoms with Crippen LogP contribution in [0.3, 0.4) is 0 Å². The predicted molar refractivity (Wildman–Crippen MR) is 90.1 cm³/mol. The maximum Gasteiger partial charge on any atom is 0.0462 e. The molecule has 2 aromatic rings. The standard InChI is InChI=1S/C18H19ClOS/c19-16-6-3-4-13(9-16)8-14(12-20)10-17-11-15-5-1-2-7-18(15)21-17/h1-7,9,14,17,20H,8,10-12H2. The molecular formula is C18H19ClOS. The molecule has 2 unspecified atom stereocenters. The fraction of sp³-hybridized carbons (Fsp3) is 0.333. The average molecular weight is 319 g/mol. The van der Waals surface area contributed by atoms with Crippen LogP contribution in [0.5, 0.6) is 0 Å². The van der Waals surface area contributed by atoms with Gasteiger partial charge in [0, 0.05) is 21.8 Å². The molecule has 3 rings (SSSR count). The van der Waals surface area contributed by atoms with Crippen LogP contribution in [0.25, 0.3) is 0 Å². The van der Waals surface area contributed by atoms with Crippen molar-refractivity contribution >= 4 is 23.4 Å². The van der Waals surface area contributed by atoms with Crippen LogP contribution < -0.4 is 0 Å². The lowest BCUT2D eigenvalue weighted by Gasteiger charge is -2.18. The Bertz CT molecular complexity index is 589. The summed E-state index contributed by atoms with van der Waals surface area (Å²) >= 11 is 7.99. The van der Waals surface area contributed by atoms with Gasteiger partial charge in [0.25, 0.3) is 0 Å². The SMILES string of the molecule is OCC(Cc1cccc(Cl)c1)CC1Cc2ccccc2S1. The van der Waals surface area contributed by atoms with Gasteiger partial charge >= 0.3 is 0 Å². The lowest BCUT2D eigenvalue weighted by Crippen LogP contribution is -2.16.